The van der Waals surface area contributed by atoms with Crippen LogP contribution < -0.4 is 0 Å². The summed E-state index contributed by atoms with van der Waals surface area (Å²) < 4.78 is 11.8. The lowest BCUT2D eigenvalue weighted by atomic mass is 9.89. The Hall–Kier alpha value is -2.34. The van der Waals surface area contributed by atoms with Crippen LogP contribution in [0.15, 0.2) is 61.2 Å². The lowest BCUT2D eigenvalue weighted by molar-refractivity contribution is -0.185. The Morgan fingerprint density at radius 3 is 2.18 bits per heavy atom. The fourth-order valence-corrected chi connectivity index (χ4v) is 4.46. The second-order valence-corrected chi connectivity index (χ2v) is 8.79. The number of halogens is 2. The van der Waals surface area contributed by atoms with Crippen LogP contribution in [0.1, 0.15) is 56.4 Å². The molecule has 1 saturated heterocycles. The monoisotopic (exact) mass is 489 g/mol. The van der Waals surface area contributed by atoms with Gasteiger partial charge in [-0.2, -0.15) is 0 Å². The average Bonchev–Trinajstić information content (AvgIpc) is 2.80. The van der Waals surface area contributed by atoms with E-state index in [0.29, 0.717) is 29.3 Å². The number of esters is 1. The molecular formula is C26H29Cl2NO4. The second kappa shape index (κ2) is 11.7. The summed E-state index contributed by atoms with van der Waals surface area (Å²) >= 11 is 12.3. The van der Waals surface area contributed by atoms with Crippen LogP contribution in [-0.4, -0.2) is 35.5 Å². The van der Waals surface area contributed by atoms with Crippen molar-refractivity contribution >= 4 is 35.1 Å². The van der Waals surface area contributed by atoms with Gasteiger partial charge in [-0.15, -0.1) is 6.58 Å². The molecule has 3 rings (SSSR count). The van der Waals surface area contributed by atoms with Crippen LogP contribution in [0.3, 0.4) is 0 Å². The zero-order chi connectivity index (χ0) is 24.0. The SMILES string of the molecule is C=CCC1OC(c2ccc(Cl)cc2)C(c2ccc(Cl)cc2)N(C(CCC)C(=O)OCC)C1=O. The molecule has 0 spiro atoms. The number of nitrogens with zero attached hydrogens (tertiary/aromatic N) is 1. The van der Waals surface area contributed by atoms with Crippen LogP contribution in [0.2, 0.25) is 10.0 Å². The van der Waals surface area contributed by atoms with Gasteiger partial charge in [0.05, 0.1) is 12.6 Å². The third kappa shape index (κ3) is 5.78. The average molecular weight is 490 g/mol. The summed E-state index contributed by atoms with van der Waals surface area (Å²) in [4.78, 5) is 28.4. The summed E-state index contributed by atoms with van der Waals surface area (Å²) in [5.74, 6) is -0.674. The molecule has 0 bridgehead atoms. The van der Waals surface area contributed by atoms with E-state index in [0.717, 1.165) is 11.1 Å². The summed E-state index contributed by atoms with van der Waals surface area (Å²) in [5.41, 5.74) is 1.67. The third-order valence-corrected chi connectivity index (χ3v) is 6.18. The molecule has 0 aromatic heterocycles. The van der Waals surface area contributed by atoms with Crippen molar-refractivity contribution in [1.29, 1.82) is 0 Å². The highest BCUT2D eigenvalue weighted by Crippen LogP contribution is 2.44. The van der Waals surface area contributed by atoms with E-state index in [1.807, 2.05) is 31.2 Å². The molecule has 1 heterocycles. The highest BCUT2D eigenvalue weighted by Gasteiger charge is 2.48. The van der Waals surface area contributed by atoms with E-state index < -0.39 is 30.3 Å². The smallest absolute Gasteiger partial charge is 0.328 e. The van der Waals surface area contributed by atoms with Crippen molar-refractivity contribution in [2.24, 2.45) is 0 Å². The normalized spacial score (nSPS) is 21.5. The van der Waals surface area contributed by atoms with Gasteiger partial charge in [-0.25, -0.2) is 4.79 Å². The molecule has 4 atom stereocenters. The minimum absolute atomic E-state index is 0.236. The fourth-order valence-electron chi connectivity index (χ4n) is 4.21. The predicted molar refractivity (Wildman–Crippen MR) is 130 cm³/mol. The van der Waals surface area contributed by atoms with Gasteiger partial charge in [-0.1, -0.05) is 66.9 Å². The Morgan fingerprint density at radius 2 is 1.67 bits per heavy atom. The first kappa shape index (κ1) is 25.3. The van der Waals surface area contributed by atoms with Crippen LogP contribution in [0, 0.1) is 0 Å². The molecule has 4 unspecified atom stereocenters. The van der Waals surface area contributed by atoms with Crippen molar-refractivity contribution in [3.63, 3.8) is 0 Å². The molecule has 1 amide bonds. The van der Waals surface area contributed by atoms with Gasteiger partial charge in [-0.3, -0.25) is 4.79 Å². The maximum absolute atomic E-state index is 13.7. The van der Waals surface area contributed by atoms with Crippen molar-refractivity contribution in [3.8, 4) is 0 Å². The molecule has 0 aliphatic carbocycles. The zero-order valence-corrected chi connectivity index (χ0v) is 20.4. The molecule has 1 aliphatic heterocycles. The standard InChI is InChI=1S/C26H29Cl2NO4/c1-4-7-21(26(31)32-6-3)29-23(17-9-13-19(27)14-10-17)24(18-11-15-20(28)16-12-18)33-22(8-5-2)25(29)30/h5,9-16,21-24H,2,4,6-8H2,1,3H3. The first-order chi connectivity index (χ1) is 15.9. The topological polar surface area (TPSA) is 55.8 Å². The quantitative estimate of drug-likeness (QED) is 0.305. The molecule has 2 aromatic rings. The molecule has 0 radical (unpaired) electrons. The molecule has 0 saturated carbocycles. The molecule has 1 aliphatic rings. The summed E-state index contributed by atoms with van der Waals surface area (Å²) in [7, 11) is 0. The van der Waals surface area contributed by atoms with E-state index in [1.165, 1.54) is 0 Å². The highest BCUT2D eigenvalue weighted by molar-refractivity contribution is 6.30. The number of hydrogen-bond donors (Lipinski definition) is 0. The molecule has 5 nitrogen and oxygen atoms in total. The van der Waals surface area contributed by atoms with Gasteiger partial charge in [0.25, 0.3) is 5.91 Å². The summed E-state index contributed by atoms with van der Waals surface area (Å²) in [6.45, 7) is 7.76. The van der Waals surface area contributed by atoms with Gasteiger partial charge >= 0.3 is 5.97 Å². The van der Waals surface area contributed by atoms with Gasteiger partial charge in [-0.05, 0) is 48.7 Å². The molecule has 176 valence electrons. The largest absolute Gasteiger partial charge is 0.464 e. The predicted octanol–water partition coefficient (Wildman–Crippen LogP) is 6.31. The summed E-state index contributed by atoms with van der Waals surface area (Å²) in [6.07, 6.45) is 1.87. The van der Waals surface area contributed by atoms with E-state index in [4.69, 9.17) is 32.7 Å². The van der Waals surface area contributed by atoms with Gasteiger partial charge in [0.15, 0.2) is 0 Å². The molecule has 7 heteroatoms. The Labute approximate surface area is 205 Å². The zero-order valence-electron chi connectivity index (χ0n) is 18.9. The Morgan fingerprint density at radius 1 is 1.09 bits per heavy atom. The van der Waals surface area contributed by atoms with Crippen molar-refractivity contribution in [1.82, 2.24) is 4.90 Å². The van der Waals surface area contributed by atoms with Crippen molar-refractivity contribution in [2.45, 2.75) is 57.4 Å². The number of morpholine rings is 1. The lowest BCUT2D eigenvalue weighted by Gasteiger charge is -2.47. The minimum Gasteiger partial charge on any atom is -0.464 e. The van der Waals surface area contributed by atoms with Crippen molar-refractivity contribution in [3.05, 3.63) is 82.4 Å². The van der Waals surface area contributed by atoms with E-state index in [9.17, 15) is 9.59 Å². The van der Waals surface area contributed by atoms with Gasteiger partial charge in [0.1, 0.15) is 18.2 Å². The number of rotatable bonds is 9. The molecular weight excluding hydrogens is 461 g/mol. The van der Waals surface area contributed by atoms with Gasteiger partial charge in [0.2, 0.25) is 0 Å². The maximum Gasteiger partial charge on any atom is 0.328 e. The van der Waals surface area contributed by atoms with Crippen LogP contribution in [-0.2, 0) is 19.1 Å². The summed E-state index contributed by atoms with van der Waals surface area (Å²) in [5, 5.41) is 1.18. The second-order valence-electron chi connectivity index (χ2n) is 7.92. The molecule has 0 N–H and O–H groups in total. The van der Waals surface area contributed by atoms with Crippen LogP contribution in [0.5, 0.6) is 0 Å². The molecule has 1 fully saturated rings. The fraction of sp³-hybridized carbons (Fsp3) is 0.385. The number of carbonyl (C=O) groups excluding carboxylic acids is 2. The Bertz CT molecular complexity index is 961. The van der Waals surface area contributed by atoms with Crippen LogP contribution >= 0.6 is 23.2 Å². The molecule has 33 heavy (non-hydrogen) atoms. The highest BCUT2D eigenvalue weighted by atomic mass is 35.5. The lowest BCUT2D eigenvalue weighted by Crippen LogP contribution is -2.57. The number of ether oxygens (including phenoxy) is 2. The summed E-state index contributed by atoms with van der Waals surface area (Å²) in [6, 6.07) is 13.3. The minimum atomic E-state index is -0.763. The first-order valence-electron chi connectivity index (χ1n) is 11.2. The van der Waals surface area contributed by atoms with Crippen LogP contribution in [0.25, 0.3) is 0 Å². The van der Waals surface area contributed by atoms with Crippen molar-refractivity contribution < 1.29 is 19.1 Å². The maximum atomic E-state index is 13.7. The van der Waals surface area contributed by atoms with Crippen molar-refractivity contribution in [2.75, 3.05) is 6.61 Å². The number of hydrogen-bond acceptors (Lipinski definition) is 4. The van der Waals surface area contributed by atoms with E-state index in [2.05, 4.69) is 6.58 Å². The molecule has 2 aromatic carbocycles. The number of amides is 1. The first-order valence-corrected chi connectivity index (χ1v) is 11.9. The Balaban J connectivity index is 2.18. The van der Waals surface area contributed by atoms with E-state index >= 15 is 0 Å². The third-order valence-electron chi connectivity index (χ3n) is 5.67. The van der Waals surface area contributed by atoms with Gasteiger partial charge in [0, 0.05) is 16.5 Å². The van der Waals surface area contributed by atoms with E-state index in [1.54, 1.807) is 42.2 Å². The van der Waals surface area contributed by atoms with Crippen LogP contribution in [0.4, 0.5) is 0 Å². The van der Waals surface area contributed by atoms with Gasteiger partial charge < -0.3 is 14.4 Å². The number of benzene rings is 2. The number of carbonyl (C=O) groups is 2. The van der Waals surface area contributed by atoms with E-state index in [-0.39, 0.29) is 12.5 Å². The Kier molecular flexibility index (Phi) is 8.95.